The maximum atomic E-state index is 11.9. The van der Waals surface area contributed by atoms with Gasteiger partial charge in [-0.3, -0.25) is 14.5 Å². The molecule has 1 aliphatic carbocycles. The van der Waals surface area contributed by atoms with Gasteiger partial charge in [-0.25, -0.2) is 0 Å². The molecule has 1 heterocycles. The molecular formula is C12H20N2O2. The molecule has 1 saturated carbocycles. The molecule has 4 heteroatoms. The smallest absolute Gasteiger partial charge is 0.229 e. The minimum atomic E-state index is 0.0178. The van der Waals surface area contributed by atoms with E-state index in [4.69, 9.17) is 5.73 Å². The molecule has 1 aliphatic heterocycles. The van der Waals surface area contributed by atoms with Crippen molar-refractivity contribution in [2.24, 2.45) is 11.7 Å². The second kappa shape index (κ2) is 4.53. The maximum absolute atomic E-state index is 11.9. The monoisotopic (exact) mass is 224 g/mol. The number of carbonyl (C=O) groups is 2. The van der Waals surface area contributed by atoms with E-state index in [1.807, 2.05) is 6.92 Å². The first-order valence-corrected chi connectivity index (χ1v) is 6.18. The summed E-state index contributed by atoms with van der Waals surface area (Å²) in [7, 11) is 0. The van der Waals surface area contributed by atoms with Gasteiger partial charge in [-0.1, -0.05) is 6.92 Å². The van der Waals surface area contributed by atoms with Gasteiger partial charge in [-0.2, -0.15) is 0 Å². The molecule has 16 heavy (non-hydrogen) atoms. The lowest BCUT2D eigenvalue weighted by Gasteiger charge is -2.38. The molecule has 2 amide bonds. The summed E-state index contributed by atoms with van der Waals surface area (Å²) in [6, 6.07) is 0.373. The lowest BCUT2D eigenvalue weighted by Crippen LogP contribution is -2.50. The van der Waals surface area contributed by atoms with Gasteiger partial charge in [0.25, 0.3) is 0 Å². The van der Waals surface area contributed by atoms with Crippen molar-refractivity contribution >= 4 is 11.8 Å². The number of piperidine rings is 1. The molecule has 1 saturated heterocycles. The number of hydrogen-bond acceptors (Lipinski definition) is 3. The minimum absolute atomic E-state index is 0.0178. The van der Waals surface area contributed by atoms with E-state index >= 15 is 0 Å². The van der Waals surface area contributed by atoms with Crippen LogP contribution in [0.3, 0.4) is 0 Å². The average molecular weight is 224 g/mol. The Kier molecular flexibility index (Phi) is 3.28. The van der Waals surface area contributed by atoms with Crippen molar-refractivity contribution in [3.63, 3.8) is 0 Å². The first-order valence-electron chi connectivity index (χ1n) is 6.18. The molecule has 2 rings (SSSR count). The van der Waals surface area contributed by atoms with Gasteiger partial charge in [-0.15, -0.1) is 0 Å². The zero-order chi connectivity index (χ0) is 11.7. The zero-order valence-electron chi connectivity index (χ0n) is 9.82. The molecule has 0 aromatic rings. The summed E-state index contributed by atoms with van der Waals surface area (Å²) in [5, 5.41) is 0. The van der Waals surface area contributed by atoms with Gasteiger partial charge in [0, 0.05) is 24.9 Å². The first kappa shape index (κ1) is 11.6. The predicted octanol–water partition coefficient (Wildman–Crippen LogP) is 1.04. The highest BCUT2D eigenvalue weighted by Crippen LogP contribution is 2.28. The molecule has 0 atom stereocenters. The van der Waals surface area contributed by atoms with Crippen molar-refractivity contribution in [2.45, 2.75) is 57.5 Å². The molecule has 2 fully saturated rings. The van der Waals surface area contributed by atoms with Crippen molar-refractivity contribution < 1.29 is 9.59 Å². The fraction of sp³-hybridized carbons (Fsp3) is 0.833. The number of nitrogens with two attached hydrogens (primary N) is 1. The molecule has 2 N–H and O–H groups in total. The second-order valence-corrected chi connectivity index (χ2v) is 5.24. The van der Waals surface area contributed by atoms with E-state index in [9.17, 15) is 9.59 Å². The van der Waals surface area contributed by atoms with Gasteiger partial charge in [0.05, 0.1) is 0 Å². The SMILES string of the molecule is CC1CC(=O)N(C2CCC(N)CC2)C(=O)C1. The van der Waals surface area contributed by atoms with E-state index in [0.717, 1.165) is 25.7 Å². The van der Waals surface area contributed by atoms with E-state index in [0.29, 0.717) is 12.8 Å². The van der Waals surface area contributed by atoms with Crippen LogP contribution in [0.4, 0.5) is 0 Å². The van der Waals surface area contributed by atoms with Crippen LogP contribution < -0.4 is 5.73 Å². The molecule has 90 valence electrons. The van der Waals surface area contributed by atoms with Crippen LogP contribution >= 0.6 is 0 Å². The van der Waals surface area contributed by atoms with Crippen molar-refractivity contribution in [1.82, 2.24) is 4.90 Å². The van der Waals surface area contributed by atoms with Crippen LogP contribution in [0.1, 0.15) is 45.4 Å². The third kappa shape index (κ3) is 2.26. The van der Waals surface area contributed by atoms with Crippen molar-refractivity contribution in [1.29, 1.82) is 0 Å². The molecule has 0 radical (unpaired) electrons. The Hall–Kier alpha value is -0.900. The lowest BCUT2D eigenvalue weighted by molar-refractivity contribution is -0.153. The van der Waals surface area contributed by atoms with Gasteiger partial charge in [0.1, 0.15) is 0 Å². The summed E-state index contributed by atoms with van der Waals surface area (Å²) in [5.74, 6) is 0.246. The molecule has 0 unspecified atom stereocenters. The highest BCUT2D eigenvalue weighted by molar-refractivity contribution is 5.98. The predicted molar refractivity (Wildman–Crippen MR) is 60.5 cm³/mol. The van der Waals surface area contributed by atoms with Gasteiger partial charge >= 0.3 is 0 Å². The topological polar surface area (TPSA) is 63.4 Å². The third-order valence-electron chi connectivity index (χ3n) is 3.69. The number of rotatable bonds is 1. The maximum Gasteiger partial charge on any atom is 0.229 e. The Morgan fingerprint density at radius 2 is 1.56 bits per heavy atom. The number of nitrogens with zero attached hydrogens (tertiary/aromatic N) is 1. The Morgan fingerprint density at radius 3 is 2.06 bits per heavy atom. The van der Waals surface area contributed by atoms with E-state index in [1.165, 1.54) is 4.90 Å². The van der Waals surface area contributed by atoms with Gasteiger partial charge in [-0.05, 0) is 31.6 Å². The number of imide groups is 1. The minimum Gasteiger partial charge on any atom is -0.328 e. The van der Waals surface area contributed by atoms with Crippen LogP contribution in [0, 0.1) is 5.92 Å². The van der Waals surface area contributed by atoms with Crippen molar-refractivity contribution in [2.75, 3.05) is 0 Å². The molecule has 2 aliphatic rings. The van der Waals surface area contributed by atoms with Crippen molar-refractivity contribution in [3.05, 3.63) is 0 Å². The van der Waals surface area contributed by atoms with Gasteiger partial charge in [0.15, 0.2) is 0 Å². The van der Waals surface area contributed by atoms with E-state index < -0.39 is 0 Å². The van der Waals surface area contributed by atoms with Gasteiger partial charge < -0.3 is 5.73 Å². The van der Waals surface area contributed by atoms with Crippen LogP contribution in [0.25, 0.3) is 0 Å². The summed E-state index contributed by atoms with van der Waals surface area (Å²) in [6.07, 6.45) is 4.66. The molecule has 0 bridgehead atoms. The summed E-state index contributed by atoms with van der Waals surface area (Å²) >= 11 is 0. The largest absolute Gasteiger partial charge is 0.328 e. The molecule has 0 aromatic carbocycles. The van der Waals surface area contributed by atoms with E-state index in [1.54, 1.807) is 0 Å². The summed E-state index contributed by atoms with van der Waals surface area (Å²) < 4.78 is 0. The summed E-state index contributed by atoms with van der Waals surface area (Å²) in [4.78, 5) is 25.3. The molecular weight excluding hydrogens is 204 g/mol. The zero-order valence-corrected chi connectivity index (χ0v) is 9.82. The lowest BCUT2D eigenvalue weighted by atomic mass is 9.88. The standard InChI is InChI=1S/C12H20N2O2/c1-8-6-11(15)14(12(16)7-8)10-4-2-9(13)3-5-10/h8-10H,2-7,13H2,1H3. The average Bonchev–Trinajstić information content (AvgIpc) is 2.19. The van der Waals surface area contributed by atoms with E-state index in [2.05, 4.69) is 0 Å². The Labute approximate surface area is 96.2 Å². The summed E-state index contributed by atoms with van der Waals surface area (Å²) in [6.45, 7) is 1.96. The molecule has 4 nitrogen and oxygen atoms in total. The molecule has 0 aromatic heterocycles. The fourth-order valence-corrected chi connectivity index (χ4v) is 2.77. The fourth-order valence-electron chi connectivity index (χ4n) is 2.77. The van der Waals surface area contributed by atoms with Gasteiger partial charge in [0.2, 0.25) is 11.8 Å². The number of likely N-dealkylation sites (tertiary alicyclic amines) is 1. The Balaban J connectivity index is 2.02. The number of hydrogen-bond donors (Lipinski definition) is 1. The quantitative estimate of drug-likeness (QED) is 0.677. The number of amides is 2. The van der Waals surface area contributed by atoms with Crippen molar-refractivity contribution in [3.8, 4) is 0 Å². The van der Waals surface area contributed by atoms with E-state index in [-0.39, 0.29) is 29.8 Å². The second-order valence-electron chi connectivity index (χ2n) is 5.24. The highest BCUT2D eigenvalue weighted by atomic mass is 16.2. The van der Waals surface area contributed by atoms with Crippen LogP contribution in [-0.4, -0.2) is 28.8 Å². The third-order valence-corrected chi connectivity index (χ3v) is 3.69. The Bertz CT molecular complexity index is 277. The van der Waals surface area contributed by atoms with Crippen LogP contribution in [0.15, 0.2) is 0 Å². The highest BCUT2D eigenvalue weighted by Gasteiger charge is 2.36. The Morgan fingerprint density at radius 1 is 1.06 bits per heavy atom. The van der Waals surface area contributed by atoms with Crippen LogP contribution in [-0.2, 0) is 9.59 Å². The van der Waals surface area contributed by atoms with Crippen LogP contribution in [0.2, 0.25) is 0 Å². The van der Waals surface area contributed by atoms with Crippen LogP contribution in [0.5, 0.6) is 0 Å². The number of carbonyl (C=O) groups excluding carboxylic acids is 2. The normalized spacial score (nSPS) is 33.2. The summed E-state index contributed by atoms with van der Waals surface area (Å²) in [5.41, 5.74) is 5.83. The molecule has 0 spiro atoms. The first-order chi connectivity index (χ1) is 7.58.